The number of hydrogen-bond donors (Lipinski definition) is 0. The maximum Gasteiger partial charge on any atom is 0.347 e. The van der Waals surface area contributed by atoms with Crippen LogP contribution in [0, 0.1) is 0 Å². The van der Waals surface area contributed by atoms with Crippen molar-refractivity contribution in [2.45, 2.75) is 19.0 Å². The second-order valence-corrected chi connectivity index (χ2v) is 5.20. The van der Waals surface area contributed by atoms with E-state index in [1.165, 1.54) is 11.6 Å². The van der Waals surface area contributed by atoms with Crippen LogP contribution in [0.4, 0.5) is 0 Å². The SMILES string of the molecule is CC1=C[C@@H]2c3ccccc3[C@H]1n1c(=O)n(C)c(=O)n12. The van der Waals surface area contributed by atoms with Gasteiger partial charge in [-0.15, -0.1) is 0 Å². The maximum atomic E-state index is 12.3. The van der Waals surface area contributed by atoms with Crippen LogP contribution in [0.1, 0.15) is 30.1 Å². The van der Waals surface area contributed by atoms with E-state index in [0.717, 1.165) is 16.7 Å². The van der Waals surface area contributed by atoms with E-state index in [2.05, 4.69) is 6.08 Å². The summed E-state index contributed by atoms with van der Waals surface area (Å²) in [4.78, 5) is 24.5. The van der Waals surface area contributed by atoms with Crippen LogP contribution in [-0.4, -0.2) is 13.9 Å². The van der Waals surface area contributed by atoms with Crippen LogP contribution >= 0.6 is 0 Å². The molecule has 2 bridgehead atoms. The van der Waals surface area contributed by atoms with Gasteiger partial charge in [-0.2, -0.15) is 0 Å². The summed E-state index contributed by atoms with van der Waals surface area (Å²) in [5.41, 5.74) is 2.86. The van der Waals surface area contributed by atoms with Crippen molar-refractivity contribution in [1.82, 2.24) is 13.9 Å². The van der Waals surface area contributed by atoms with Gasteiger partial charge in [0.1, 0.15) is 6.04 Å². The Kier molecular flexibility index (Phi) is 1.77. The average molecular weight is 255 g/mol. The van der Waals surface area contributed by atoms with Crippen LogP contribution in [0.5, 0.6) is 0 Å². The first-order chi connectivity index (χ1) is 9.11. The van der Waals surface area contributed by atoms with E-state index in [9.17, 15) is 9.59 Å². The Labute approximate surface area is 109 Å². The molecule has 19 heavy (non-hydrogen) atoms. The highest BCUT2D eigenvalue weighted by Crippen LogP contribution is 2.42. The lowest BCUT2D eigenvalue weighted by molar-refractivity contribution is 0.357. The van der Waals surface area contributed by atoms with Gasteiger partial charge in [0.25, 0.3) is 0 Å². The lowest BCUT2D eigenvalue weighted by Crippen LogP contribution is -2.42. The second-order valence-electron chi connectivity index (χ2n) is 5.20. The smallest absolute Gasteiger partial charge is 0.246 e. The molecule has 0 radical (unpaired) electrons. The molecule has 1 aliphatic carbocycles. The van der Waals surface area contributed by atoms with Crippen LogP contribution in [0.25, 0.3) is 0 Å². The molecule has 3 aliphatic rings. The molecule has 5 rings (SSSR count). The number of nitrogens with zero attached hydrogens (tertiary/aromatic N) is 3. The van der Waals surface area contributed by atoms with Crippen LogP contribution in [0.2, 0.25) is 0 Å². The van der Waals surface area contributed by atoms with Gasteiger partial charge in [-0.05, 0) is 23.6 Å². The van der Waals surface area contributed by atoms with Gasteiger partial charge < -0.3 is 0 Å². The van der Waals surface area contributed by atoms with Gasteiger partial charge in [0.2, 0.25) is 0 Å². The summed E-state index contributed by atoms with van der Waals surface area (Å²) in [6.45, 7) is 2.01. The van der Waals surface area contributed by atoms with E-state index in [1.807, 2.05) is 31.2 Å². The quantitative estimate of drug-likeness (QED) is 0.654. The molecule has 0 fully saturated rings. The molecule has 96 valence electrons. The van der Waals surface area contributed by atoms with Crippen molar-refractivity contribution in [3.05, 3.63) is 68.0 Å². The van der Waals surface area contributed by atoms with E-state index in [0.29, 0.717) is 0 Å². The van der Waals surface area contributed by atoms with E-state index < -0.39 is 0 Å². The van der Waals surface area contributed by atoms with Gasteiger partial charge in [0, 0.05) is 7.05 Å². The summed E-state index contributed by atoms with van der Waals surface area (Å²) in [6.07, 6.45) is 2.08. The summed E-state index contributed by atoms with van der Waals surface area (Å²) >= 11 is 0. The highest BCUT2D eigenvalue weighted by molar-refractivity contribution is 5.46. The molecule has 5 nitrogen and oxygen atoms in total. The standard InChI is InChI=1S/C14H13N3O2/c1-8-7-11-9-5-3-4-6-10(9)12(8)17-14(19)15(2)13(18)16(11)17/h3-7,11-12H,1-2H3/t11-,12+/m1/s1. The minimum Gasteiger partial charge on any atom is -0.246 e. The zero-order valence-corrected chi connectivity index (χ0v) is 10.7. The third kappa shape index (κ3) is 1.06. The monoisotopic (exact) mass is 255 g/mol. The number of aromatic nitrogens is 3. The first-order valence-corrected chi connectivity index (χ1v) is 6.28. The number of hydrogen-bond acceptors (Lipinski definition) is 2. The molecular weight excluding hydrogens is 242 g/mol. The lowest BCUT2D eigenvalue weighted by Gasteiger charge is -2.38. The predicted octanol–water partition coefficient (Wildman–Crippen LogP) is 0.801. The summed E-state index contributed by atoms with van der Waals surface area (Å²) < 4.78 is 4.34. The van der Waals surface area contributed by atoms with Crippen molar-refractivity contribution in [2.24, 2.45) is 7.05 Å². The molecule has 0 spiro atoms. The summed E-state index contributed by atoms with van der Waals surface area (Å²) in [7, 11) is 1.53. The topological polar surface area (TPSA) is 48.9 Å². The van der Waals surface area contributed by atoms with Crippen LogP contribution in [0.15, 0.2) is 45.5 Å². The normalized spacial score (nSPS) is 22.9. The highest BCUT2D eigenvalue weighted by Gasteiger charge is 2.39. The first kappa shape index (κ1) is 10.6. The van der Waals surface area contributed by atoms with Crippen molar-refractivity contribution in [1.29, 1.82) is 0 Å². The van der Waals surface area contributed by atoms with Crippen molar-refractivity contribution >= 4 is 0 Å². The average Bonchev–Trinajstić information content (AvgIpc) is 2.65. The number of rotatable bonds is 0. The number of benzene rings is 1. The molecule has 0 saturated heterocycles. The van der Waals surface area contributed by atoms with E-state index in [4.69, 9.17) is 0 Å². The molecule has 5 heteroatoms. The van der Waals surface area contributed by atoms with E-state index in [-0.39, 0.29) is 23.5 Å². The predicted molar refractivity (Wildman–Crippen MR) is 70.4 cm³/mol. The molecule has 2 aliphatic heterocycles. The molecule has 1 aromatic carbocycles. The van der Waals surface area contributed by atoms with Gasteiger partial charge in [-0.1, -0.05) is 30.3 Å². The fraction of sp³-hybridized carbons (Fsp3) is 0.286. The van der Waals surface area contributed by atoms with Crippen LogP contribution in [-0.2, 0) is 7.05 Å². The first-order valence-electron chi connectivity index (χ1n) is 6.28. The fourth-order valence-corrected chi connectivity index (χ4v) is 3.29. The highest BCUT2D eigenvalue weighted by atomic mass is 16.2. The van der Waals surface area contributed by atoms with Gasteiger partial charge in [0.05, 0.1) is 6.04 Å². The molecule has 2 atom stereocenters. The molecule has 1 aromatic heterocycles. The zero-order valence-electron chi connectivity index (χ0n) is 10.7. The van der Waals surface area contributed by atoms with Crippen molar-refractivity contribution < 1.29 is 0 Å². The third-order valence-corrected chi connectivity index (χ3v) is 4.17. The molecule has 2 aromatic rings. The van der Waals surface area contributed by atoms with Crippen LogP contribution in [0.3, 0.4) is 0 Å². The Bertz CT molecular complexity index is 850. The third-order valence-electron chi connectivity index (χ3n) is 4.17. The Hall–Kier alpha value is -2.30. The lowest BCUT2D eigenvalue weighted by atomic mass is 9.83. The zero-order chi connectivity index (χ0) is 13.3. The molecule has 0 amide bonds. The molecule has 0 saturated carbocycles. The van der Waals surface area contributed by atoms with Gasteiger partial charge in [0.15, 0.2) is 0 Å². The largest absolute Gasteiger partial charge is 0.347 e. The fourth-order valence-electron chi connectivity index (χ4n) is 3.29. The Morgan fingerprint density at radius 3 is 2.37 bits per heavy atom. The minimum absolute atomic E-state index is 0.150. The maximum absolute atomic E-state index is 12.3. The Morgan fingerprint density at radius 1 is 1.00 bits per heavy atom. The Morgan fingerprint density at radius 2 is 1.63 bits per heavy atom. The van der Waals surface area contributed by atoms with Crippen molar-refractivity contribution in [2.75, 3.05) is 0 Å². The second kappa shape index (κ2) is 3.17. The molecule has 0 unspecified atom stereocenters. The van der Waals surface area contributed by atoms with Gasteiger partial charge in [-0.25, -0.2) is 23.5 Å². The Balaban J connectivity index is 2.18. The summed E-state index contributed by atoms with van der Waals surface area (Å²) in [6, 6.07) is 7.70. The van der Waals surface area contributed by atoms with Crippen molar-refractivity contribution in [3.8, 4) is 0 Å². The molecule has 3 heterocycles. The van der Waals surface area contributed by atoms with E-state index in [1.54, 1.807) is 9.36 Å². The molecule has 0 N–H and O–H groups in total. The minimum atomic E-state index is -0.252. The van der Waals surface area contributed by atoms with Gasteiger partial charge >= 0.3 is 11.4 Å². The van der Waals surface area contributed by atoms with Gasteiger partial charge in [-0.3, -0.25) is 0 Å². The summed E-state index contributed by atoms with van der Waals surface area (Å²) in [5, 5.41) is 0. The number of allylic oxidation sites excluding steroid dienone is 2. The summed E-state index contributed by atoms with van der Waals surface area (Å²) in [5.74, 6) is 0. The molecular formula is C14H13N3O2. The van der Waals surface area contributed by atoms with Crippen molar-refractivity contribution in [3.63, 3.8) is 0 Å². The van der Waals surface area contributed by atoms with Crippen LogP contribution < -0.4 is 11.4 Å². The van der Waals surface area contributed by atoms with E-state index >= 15 is 0 Å².